The van der Waals surface area contributed by atoms with E-state index in [1.165, 1.54) is 13.1 Å². The van der Waals surface area contributed by atoms with Gasteiger partial charge in [0.1, 0.15) is 0 Å². The van der Waals surface area contributed by atoms with E-state index in [4.69, 9.17) is 4.52 Å². The largest absolute Gasteiger partial charge is 0.347 e. The molecule has 8 heteroatoms. The van der Waals surface area contributed by atoms with Crippen molar-refractivity contribution in [2.75, 3.05) is 12.4 Å². The average Bonchev–Trinajstić information content (AvgIpc) is 3.10. The SMILES string of the molecule is CNS(=O)(=O)c1cccc(CNc2noc(-c3ccccc3)n2)c1. The molecule has 1 aromatic heterocycles. The van der Waals surface area contributed by atoms with Crippen LogP contribution in [-0.4, -0.2) is 25.6 Å². The fourth-order valence-corrected chi connectivity index (χ4v) is 2.91. The van der Waals surface area contributed by atoms with Crippen LogP contribution in [0.1, 0.15) is 5.56 Å². The van der Waals surface area contributed by atoms with Crippen LogP contribution in [0.4, 0.5) is 5.95 Å². The van der Waals surface area contributed by atoms with Crippen LogP contribution in [0.5, 0.6) is 0 Å². The number of hydrogen-bond acceptors (Lipinski definition) is 6. The Balaban J connectivity index is 1.71. The van der Waals surface area contributed by atoms with Crippen LogP contribution in [0.3, 0.4) is 0 Å². The third-order valence-corrected chi connectivity index (χ3v) is 4.79. The quantitative estimate of drug-likeness (QED) is 0.712. The van der Waals surface area contributed by atoms with Gasteiger partial charge in [-0.25, -0.2) is 13.1 Å². The molecule has 24 heavy (non-hydrogen) atoms. The third-order valence-electron chi connectivity index (χ3n) is 3.37. The van der Waals surface area contributed by atoms with Gasteiger partial charge >= 0.3 is 0 Å². The summed E-state index contributed by atoms with van der Waals surface area (Å²) in [5, 5.41) is 6.88. The Bertz CT molecular complexity index is 923. The Morgan fingerprint density at radius 3 is 2.62 bits per heavy atom. The molecule has 0 atom stereocenters. The van der Waals surface area contributed by atoms with Crippen molar-refractivity contribution in [1.29, 1.82) is 0 Å². The van der Waals surface area contributed by atoms with Crippen molar-refractivity contribution in [2.45, 2.75) is 11.4 Å². The summed E-state index contributed by atoms with van der Waals surface area (Å²) in [6.45, 7) is 0.376. The van der Waals surface area contributed by atoms with Crippen molar-refractivity contribution in [2.24, 2.45) is 0 Å². The Kier molecular flexibility index (Phi) is 4.59. The second-order valence-corrected chi connectivity index (χ2v) is 6.88. The van der Waals surface area contributed by atoms with E-state index in [-0.39, 0.29) is 4.90 Å². The minimum absolute atomic E-state index is 0.211. The van der Waals surface area contributed by atoms with Crippen molar-refractivity contribution in [3.05, 3.63) is 60.2 Å². The molecule has 3 rings (SSSR count). The molecule has 0 unspecified atom stereocenters. The molecule has 0 aliphatic heterocycles. The minimum atomic E-state index is -3.46. The van der Waals surface area contributed by atoms with Gasteiger partial charge in [-0.15, -0.1) is 0 Å². The Labute approximate surface area is 139 Å². The molecule has 0 radical (unpaired) electrons. The second-order valence-electron chi connectivity index (χ2n) is 5.00. The predicted molar refractivity (Wildman–Crippen MR) is 89.7 cm³/mol. The van der Waals surface area contributed by atoms with Gasteiger partial charge in [-0.3, -0.25) is 0 Å². The van der Waals surface area contributed by atoms with Gasteiger partial charge in [-0.2, -0.15) is 4.98 Å². The van der Waals surface area contributed by atoms with Gasteiger partial charge in [0.15, 0.2) is 0 Å². The van der Waals surface area contributed by atoms with Crippen LogP contribution in [0, 0.1) is 0 Å². The van der Waals surface area contributed by atoms with Gasteiger partial charge < -0.3 is 9.84 Å². The molecule has 0 amide bonds. The molecule has 2 aromatic carbocycles. The number of rotatable bonds is 6. The smallest absolute Gasteiger partial charge is 0.264 e. The highest BCUT2D eigenvalue weighted by Gasteiger charge is 2.12. The highest BCUT2D eigenvalue weighted by Crippen LogP contribution is 2.18. The maximum absolute atomic E-state index is 11.8. The first kappa shape index (κ1) is 16.2. The Hall–Kier alpha value is -2.71. The zero-order valence-corrected chi connectivity index (χ0v) is 13.7. The number of benzene rings is 2. The zero-order chi connectivity index (χ0) is 17.0. The summed E-state index contributed by atoms with van der Waals surface area (Å²) in [5.74, 6) is 0.764. The molecule has 0 saturated heterocycles. The van der Waals surface area contributed by atoms with E-state index >= 15 is 0 Å². The number of sulfonamides is 1. The highest BCUT2D eigenvalue weighted by atomic mass is 32.2. The van der Waals surface area contributed by atoms with Crippen LogP contribution in [0.2, 0.25) is 0 Å². The molecule has 0 saturated carbocycles. The monoisotopic (exact) mass is 344 g/mol. The normalized spacial score (nSPS) is 11.4. The molecule has 124 valence electrons. The highest BCUT2D eigenvalue weighted by molar-refractivity contribution is 7.89. The van der Waals surface area contributed by atoms with Crippen molar-refractivity contribution in [1.82, 2.24) is 14.9 Å². The number of anilines is 1. The van der Waals surface area contributed by atoms with Gasteiger partial charge in [0.05, 0.1) is 4.90 Å². The first-order valence-corrected chi connectivity index (χ1v) is 8.72. The van der Waals surface area contributed by atoms with Gasteiger partial charge in [-0.05, 0) is 42.0 Å². The summed E-state index contributed by atoms with van der Waals surface area (Å²) in [6, 6.07) is 16.1. The average molecular weight is 344 g/mol. The molecule has 7 nitrogen and oxygen atoms in total. The Morgan fingerprint density at radius 2 is 1.88 bits per heavy atom. The van der Waals surface area contributed by atoms with Crippen molar-refractivity contribution < 1.29 is 12.9 Å². The van der Waals surface area contributed by atoms with E-state index in [1.54, 1.807) is 12.1 Å². The summed E-state index contributed by atoms with van der Waals surface area (Å²) in [4.78, 5) is 4.47. The van der Waals surface area contributed by atoms with E-state index in [2.05, 4.69) is 20.2 Å². The fourth-order valence-electron chi connectivity index (χ4n) is 2.11. The van der Waals surface area contributed by atoms with Crippen LogP contribution in [0.25, 0.3) is 11.5 Å². The lowest BCUT2D eigenvalue weighted by atomic mass is 10.2. The minimum Gasteiger partial charge on any atom is -0.347 e. The molecule has 0 spiro atoms. The summed E-state index contributed by atoms with van der Waals surface area (Å²) in [7, 11) is -2.08. The molecule has 3 aromatic rings. The number of hydrogen-bond donors (Lipinski definition) is 2. The van der Waals surface area contributed by atoms with Crippen LogP contribution in [-0.2, 0) is 16.6 Å². The fraction of sp³-hybridized carbons (Fsp3) is 0.125. The molecule has 0 fully saturated rings. The molecule has 1 heterocycles. The van der Waals surface area contributed by atoms with E-state index in [1.807, 2.05) is 36.4 Å². The van der Waals surface area contributed by atoms with E-state index in [0.717, 1.165) is 11.1 Å². The summed E-state index contributed by atoms with van der Waals surface area (Å²) in [5.41, 5.74) is 1.62. The standard InChI is InChI=1S/C16H16N4O3S/c1-17-24(21,22)14-9-5-6-12(10-14)11-18-16-19-15(23-20-16)13-7-3-2-4-8-13/h2-10,17H,11H2,1H3,(H,18,20). The molecule has 0 aliphatic carbocycles. The molecular weight excluding hydrogens is 328 g/mol. The van der Waals surface area contributed by atoms with Crippen molar-refractivity contribution in [3.8, 4) is 11.5 Å². The summed E-state index contributed by atoms with van der Waals surface area (Å²) >= 11 is 0. The molecule has 0 aliphatic rings. The van der Waals surface area contributed by atoms with Gasteiger partial charge in [0.25, 0.3) is 11.8 Å². The Morgan fingerprint density at radius 1 is 1.08 bits per heavy atom. The van der Waals surface area contributed by atoms with Crippen LogP contribution >= 0.6 is 0 Å². The van der Waals surface area contributed by atoms with Crippen molar-refractivity contribution >= 4 is 16.0 Å². The number of nitrogens with zero attached hydrogens (tertiary/aromatic N) is 2. The van der Waals surface area contributed by atoms with E-state index in [0.29, 0.717) is 18.4 Å². The maximum atomic E-state index is 11.8. The maximum Gasteiger partial charge on any atom is 0.264 e. The lowest BCUT2D eigenvalue weighted by Crippen LogP contribution is -2.18. The van der Waals surface area contributed by atoms with Crippen LogP contribution < -0.4 is 10.0 Å². The lowest BCUT2D eigenvalue weighted by molar-refractivity contribution is 0.432. The first-order chi connectivity index (χ1) is 11.6. The zero-order valence-electron chi connectivity index (χ0n) is 12.9. The van der Waals surface area contributed by atoms with Gasteiger partial charge in [-0.1, -0.05) is 30.3 Å². The topological polar surface area (TPSA) is 97.1 Å². The van der Waals surface area contributed by atoms with E-state index < -0.39 is 10.0 Å². The van der Waals surface area contributed by atoms with Gasteiger partial charge in [0, 0.05) is 12.1 Å². The molecule has 2 N–H and O–H groups in total. The van der Waals surface area contributed by atoms with E-state index in [9.17, 15) is 8.42 Å². The lowest BCUT2D eigenvalue weighted by Gasteiger charge is -2.06. The molecule has 0 bridgehead atoms. The predicted octanol–water partition coefficient (Wildman–Crippen LogP) is 2.26. The first-order valence-electron chi connectivity index (χ1n) is 7.24. The number of aromatic nitrogens is 2. The van der Waals surface area contributed by atoms with Crippen LogP contribution in [0.15, 0.2) is 64.0 Å². The second kappa shape index (κ2) is 6.81. The third kappa shape index (κ3) is 3.61. The van der Waals surface area contributed by atoms with Gasteiger partial charge in [0.2, 0.25) is 10.0 Å². The summed E-state index contributed by atoms with van der Waals surface area (Å²) in [6.07, 6.45) is 0. The summed E-state index contributed by atoms with van der Waals surface area (Å²) < 4.78 is 31.1. The number of nitrogens with one attached hydrogen (secondary N) is 2. The molecular formula is C16H16N4O3S. The van der Waals surface area contributed by atoms with Crippen molar-refractivity contribution in [3.63, 3.8) is 0 Å².